The van der Waals surface area contributed by atoms with Crippen LogP contribution in [0.4, 0.5) is 9.52 Å². The normalized spacial score (nSPS) is 19.7. The number of carbonyl (C=O) groups is 2. The number of carbonyl (C=O) groups excluding carboxylic acids is 1. The molecular weight excluding hydrogens is 564 g/mol. The van der Waals surface area contributed by atoms with Crippen molar-refractivity contribution in [3.05, 3.63) is 86.1 Å². The molecule has 2 aliphatic rings. The van der Waals surface area contributed by atoms with Crippen molar-refractivity contribution in [3.8, 4) is 11.1 Å². The van der Waals surface area contributed by atoms with Crippen LogP contribution in [0.5, 0.6) is 0 Å². The molecule has 39 heavy (non-hydrogen) atoms. The molecule has 3 N–H and O–H groups in total. The Morgan fingerprint density at radius 2 is 1.95 bits per heavy atom. The molecule has 1 saturated carbocycles. The maximum atomic E-state index is 13.2. The number of carboxylic acid groups (broad SMARTS) is 1. The number of pyridine rings is 1. The van der Waals surface area contributed by atoms with E-state index in [4.69, 9.17) is 28.2 Å². The number of anilines is 1. The van der Waals surface area contributed by atoms with Gasteiger partial charge in [0.05, 0.1) is 15.7 Å². The van der Waals surface area contributed by atoms with Gasteiger partial charge < -0.3 is 20.3 Å². The number of hydrogen-bond acceptors (Lipinski definition) is 6. The predicted molar refractivity (Wildman–Crippen MR) is 148 cm³/mol. The molecule has 2 fully saturated rings. The molecule has 1 saturated heterocycles. The third-order valence-corrected chi connectivity index (χ3v) is 9.38. The summed E-state index contributed by atoms with van der Waals surface area (Å²) >= 11 is 13.4. The number of fused-ring (bicyclic) bond motifs is 1. The number of hydrogen-bond donors (Lipinski definition) is 3. The number of aromatic amines is 1. The summed E-state index contributed by atoms with van der Waals surface area (Å²) in [7, 11) is 0. The van der Waals surface area contributed by atoms with Crippen molar-refractivity contribution < 1.29 is 19.1 Å². The van der Waals surface area contributed by atoms with Crippen molar-refractivity contribution in [2.24, 2.45) is 11.8 Å². The minimum absolute atomic E-state index is 0.0225. The number of benzene rings is 1. The lowest BCUT2D eigenvalue weighted by Crippen LogP contribution is -2.34. The van der Waals surface area contributed by atoms with Crippen LogP contribution < -0.4 is 10.2 Å². The van der Waals surface area contributed by atoms with Crippen LogP contribution in [0.1, 0.15) is 37.1 Å². The molecule has 1 aromatic carbocycles. The van der Waals surface area contributed by atoms with Crippen LogP contribution in [-0.2, 0) is 6.42 Å². The molecule has 8 nitrogen and oxygen atoms in total. The van der Waals surface area contributed by atoms with Crippen molar-refractivity contribution in [2.75, 3.05) is 18.0 Å². The predicted octanol–water partition coefficient (Wildman–Crippen LogP) is 5.44. The minimum Gasteiger partial charge on any atom is -0.477 e. The van der Waals surface area contributed by atoms with Gasteiger partial charge in [-0.05, 0) is 30.2 Å². The summed E-state index contributed by atoms with van der Waals surface area (Å²) in [5, 5.41) is 14.1. The lowest BCUT2D eigenvalue weighted by atomic mass is 10.0. The van der Waals surface area contributed by atoms with Crippen LogP contribution in [0.2, 0.25) is 10.0 Å². The Morgan fingerprint density at radius 1 is 1.18 bits per heavy atom. The number of piperidine rings is 1. The third kappa shape index (κ3) is 4.88. The number of carboxylic acids is 1. The number of rotatable bonds is 7. The van der Waals surface area contributed by atoms with E-state index in [1.807, 2.05) is 24.3 Å². The number of halogens is 3. The fraction of sp³-hybridized carbons (Fsp3) is 0.259. The van der Waals surface area contributed by atoms with E-state index in [-0.39, 0.29) is 39.4 Å². The Labute approximate surface area is 236 Å². The highest BCUT2D eigenvalue weighted by atomic mass is 35.5. The van der Waals surface area contributed by atoms with Gasteiger partial charge in [0.25, 0.3) is 5.91 Å². The van der Waals surface area contributed by atoms with E-state index in [1.54, 1.807) is 13.0 Å². The van der Waals surface area contributed by atoms with Gasteiger partial charge in [-0.2, -0.15) is 4.39 Å². The number of nitrogens with one attached hydrogen (secondary N) is 2. The van der Waals surface area contributed by atoms with E-state index >= 15 is 0 Å². The molecule has 200 valence electrons. The number of aromatic nitrogens is 3. The van der Waals surface area contributed by atoms with E-state index in [0.717, 1.165) is 16.7 Å². The Hall–Kier alpha value is -3.47. The maximum absolute atomic E-state index is 13.2. The van der Waals surface area contributed by atoms with Crippen LogP contribution in [0.3, 0.4) is 0 Å². The van der Waals surface area contributed by atoms with E-state index < -0.39 is 11.9 Å². The number of aryl methyl sites for hydroxylation is 1. The van der Waals surface area contributed by atoms with Crippen LogP contribution in [0.15, 0.2) is 42.6 Å². The van der Waals surface area contributed by atoms with E-state index in [2.05, 4.69) is 20.2 Å². The van der Waals surface area contributed by atoms with Crippen LogP contribution in [-0.4, -0.2) is 51.1 Å². The molecule has 1 unspecified atom stereocenters. The van der Waals surface area contributed by atoms with Crippen LogP contribution in [0.25, 0.3) is 11.1 Å². The van der Waals surface area contributed by atoms with Gasteiger partial charge in [-0.25, -0.2) is 14.8 Å². The van der Waals surface area contributed by atoms with Gasteiger partial charge in [-0.15, -0.1) is 0 Å². The summed E-state index contributed by atoms with van der Waals surface area (Å²) in [6.07, 6.45) is 1.81. The molecule has 0 spiro atoms. The lowest BCUT2D eigenvalue weighted by molar-refractivity contribution is 0.0700. The first-order valence-electron chi connectivity index (χ1n) is 12.2. The largest absolute Gasteiger partial charge is 0.477 e. The topological polar surface area (TPSA) is 111 Å². The second kappa shape index (κ2) is 9.93. The molecule has 0 radical (unpaired) electrons. The molecule has 1 amide bonds. The Kier molecular flexibility index (Phi) is 6.57. The summed E-state index contributed by atoms with van der Waals surface area (Å²) in [4.78, 5) is 38.4. The summed E-state index contributed by atoms with van der Waals surface area (Å²) < 4.78 is 13.2. The van der Waals surface area contributed by atoms with Gasteiger partial charge in [-0.1, -0.05) is 58.8 Å². The zero-order chi connectivity index (χ0) is 27.4. The number of aromatic carboxylic acids is 1. The van der Waals surface area contributed by atoms with Gasteiger partial charge in [0.2, 0.25) is 5.95 Å². The van der Waals surface area contributed by atoms with E-state index in [0.29, 0.717) is 41.1 Å². The first-order valence-corrected chi connectivity index (χ1v) is 13.8. The van der Waals surface area contributed by atoms with Gasteiger partial charge in [0.1, 0.15) is 10.6 Å². The third-order valence-electron chi connectivity index (χ3n) is 7.28. The average Bonchev–Trinajstić information content (AvgIpc) is 3.27. The SMILES string of the molecule is Cc1[nH]c(C(=O)NC2[C@H]3CN(c4nc(Cc5cccc(-c6ccc(F)nc6)c5)c(C(=O)O)s4)C[C@@H]23)c(Cl)c1Cl. The summed E-state index contributed by atoms with van der Waals surface area (Å²) in [5.74, 6) is -1.35. The quantitative estimate of drug-likeness (QED) is 0.249. The van der Waals surface area contributed by atoms with Gasteiger partial charge in [-0.3, -0.25) is 4.79 Å². The monoisotopic (exact) mass is 585 g/mol. The van der Waals surface area contributed by atoms with Crippen LogP contribution in [0, 0.1) is 24.7 Å². The fourth-order valence-electron chi connectivity index (χ4n) is 5.21. The Bertz CT molecular complexity index is 1590. The smallest absolute Gasteiger partial charge is 0.347 e. The number of nitrogens with zero attached hydrogens (tertiary/aromatic N) is 3. The highest BCUT2D eigenvalue weighted by Crippen LogP contribution is 2.48. The van der Waals surface area contributed by atoms with Crippen molar-refractivity contribution in [1.29, 1.82) is 0 Å². The van der Waals surface area contributed by atoms with Gasteiger partial charge in [0.15, 0.2) is 5.13 Å². The Balaban J connectivity index is 1.14. The van der Waals surface area contributed by atoms with E-state index in [1.165, 1.54) is 23.6 Å². The molecule has 3 aromatic heterocycles. The molecule has 1 aliphatic heterocycles. The standard InChI is InChI=1S/C27H22Cl2FN5O3S/c1-12-20(28)21(29)23(32-12)25(36)34-22-16-10-35(11-17(16)22)27-33-18(24(39-27)26(37)38)8-13-3-2-4-14(7-13)15-5-6-19(30)31-9-15/h2-7,9,16-17,22,32H,8,10-11H2,1H3,(H,34,36)(H,37,38)/t16-,17+,22?. The highest BCUT2D eigenvalue weighted by Gasteiger charge is 2.57. The fourth-order valence-corrected chi connectivity index (χ4v) is 6.57. The molecule has 1 aliphatic carbocycles. The van der Waals surface area contributed by atoms with Crippen molar-refractivity contribution in [3.63, 3.8) is 0 Å². The Morgan fingerprint density at radius 3 is 2.59 bits per heavy atom. The molecule has 12 heteroatoms. The molecule has 0 bridgehead atoms. The van der Waals surface area contributed by atoms with Gasteiger partial charge in [0, 0.05) is 54.8 Å². The number of amides is 1. The summed E-state index contributed by atoms with van der Waals surface area (Å²) in [6.45, 7) is 3.10. The number of thiazole rings is 1. The minimum atomic E-state index is -1.01. The molecular formula is C27H22Cl2FN5O3S. The first kappa shape index (κ1) is 25.8. The maximum Gasteiger partial charge on any atom is 0.347 e. The van der Waals surface area contributed by atoms with E-state index in [9.17, 15) is 19.1 Å². The molecule has 6 rings (SSSR count). The van der Waals surface area contributed by atoms with Crippen molar-refractivity contribution in [2.45, 2.75) is 19.4 Å². The summed E-state index contributed by atoms with van der Waals surface area (Å²) in [6, 6.07) is 10.6. The summed E-state index contributed by atoms with van der Waals surface area (Å²) in [5.41, 5.74) is 3.92. The highest BCUT2D eigenvalue weighted by molar-refractivity contribution is 7.17. The van der Waals surface area contributed by atoms with Crippen molar-refractivity contribution in [1.82, 2.24) is 20.3 Å². The first-order chi connectivity index (χ1) is 18.7. The second-order valence-corrected chi connectivity index (χ2v) is 11.5. The number of H-pyrrole nitrogens is 1. The molecule has 3 atom stereocenters. The second-order valence-electron chi connectivity index (χ2n) is 9.81. The zero-order valence-electron chi connectivity index (χ0n) is 20.5. The van der Waals surface area contributed by atoms with Gasteiger partial charge >= 0.3 is 5.97 Å². The lowest BCUT2D eigenvalue weighted by Gasteiger charge is -2.19. The van der Waals surface area contributed by atoms with Crippen molar-refractivity contribution >= 4 is 51.5 Å². The van der Waals surface area contributed by atoms with Crippen LogP contribution >= 0.6 is 34.5 Å². The molecule has 4 heterocycles. The average molecular weight is 586 g/mol. The zero-order valence-corrected chi connectivity index (χ0v) is 22.9. The molecule has 4 aromatic rings.